The first kappa shape index (κ1) is 15.1. The summed E-state index contributed by atoms with van der Waals surface area (Å²) >= 11 is 3.55. The second-order valence-electron chi connectivity index (χ2n) is 5.29. The van der Waals surface area contributed by atoms with Gasteiger partial charge in [-0.1, -0.05) is 12.1 Å². The van der Waals surface area contributed by atoms with Gasteiger partial charge in [-0.05, 0) is 84.1 Å². The van der Waals surface area contributed by atoms with Crippen LogP contribution in [0.5, 0.6) is 11.5 Å². The van der Waals surface area contributed by atoms with Crippen molar-refractivity contribution in [2.75, 3.05) is 0 Å². The van der Waals surface area contributed by atoms with E-state index in [1.807, 2.05) is 25.1 Å². The lowest BCUT2D eigenvalue weighted by Crippen LogP contribution is -2.04. The lowest BCUT2D eigenvalue weighted by molar-refractivity contribution is 0.474. The van der Waals surface area contributed by atoms with Gasteiger partial charge in [0.2, 0.25) is 0 Å². The highest BCUT2D eigenvalue weighted by atomic mass is 79.9. The van der Waals surface area contributed by atoms with Crippen molar-refractivity contribution in [2.45, 2.75) is 33.7 Å². The van der Waals surface area contributed by atoms with Crippen LogP contribution >= 0.6 is 15.9 Å². The zero-order chi connectivity index (χ0) is 14.9. The maximum atomic E-state index is 6.05. The first-order valence-electron chi connectivity index (χ1n) is 6.69. The molecule has 2 aromatic carbocycles. The van der Waals surface area contributed by atoms with Gasteiger partial charge in [0.15, 0.2) is 0 Å². The predicted molar refractivity (Wildman–Crippen MR) is 87.5 cm³/mol. The van der Waals surface area contributed by atoms with E-state index in [0.29, 0.717) is 0 Å². The van der Waals surface area contributed by atoms with Crippen molar-refractivity contribution in [1.82, 2.24) is 0 Å². The van der Waals surface area contributed by atoms with Crippen LogP contribution in [0, 0.1) is 20.8 Å². The van der Waals surface area contributed by atoms with Gasteiger partial charge in [0, 0.05) is 6.04 Å². The third-order valence-electron chi connectivity index (χ3n) is 3.47. The van der Waals surface area contributed by atoms with Crippen molar-refractivity contribution in [1.29, 1.82) is 0 Å². The molecule has 0 amide bonds. The van der Waals surface area contributed by atoms with Crippen LogP contribution in [0.4, 0.5) is 0 Å². The molecule has 20 heavy (non-hydrogen) atoms. The summed E-state index contributed by atoms with van der Waals surface area (Å²) in [7, 11) is 0. The Morgan fingerprint density at radius 1 is 1.05 bits per heavy atom. The van der Waals surface area contributed by atoms with E-state index in [1.54, 1.807) is 0 Å². The van der Waals surface area contributed by atoms with Crippen molar-refractivity contribution in [2.24, 2.45) is 5.73 Å². The van der Waals surface area contributed by atoms with Gasteiger partial charge < -0.3 is 10.5 Å². The molecule has 0 unspecified atom stereocenters. The highest BCUT2D eigenvalue weighted by molar-refractivity contribution is 9.10. The molecule has 106 valence electrons. The summed E-state index contributed by atoms with van der Waals surface area (Å²) in [6, 6.07) is 10.2. The van der Waals surface area contributed by atoms with Crippen molar-refractivity contribution in [3.05, 3.63) is 57.1 Å². The number of rotatable bonds is 3. The summed E-state index contributed by atoms with van der Waals surface area (Å²) in [5.41, 5.74) is 10.6. The van der Waals surface area contributed by atoms with Crippen molar-refractivity contribution in [3.63, 3.8) is 0 Å². The Morgan fingerprint density at radius 2 is 1.75 bits per heavy atom. The fourth-order valence-electron chi connectivity index (χ4n) is 2.11. The zero-order valence-corrected chi connectivity index (χ0v) is 13.9. The molecule has 0 aliphatic rings. The number of hydrogen-bond donors (Lipinski definition) is 1. The number of halogens is 1. The highest BCUT2D eigenvalue weighted by Crippen LogP contribution is 2.34. The molecule has 3 heteroatoms. The zero-order valence-electron chi connectivity index (χ0n) is 12.3. The Labute approximate surface area is 129 Å². The Bertz CT molecular complexity index is 635. The molecule has 2 N–H and O–H groups in total. The maximum Gasteiger partial charge on any atom is 0.141 e. The summed E-state index contributed by atoms with van der Waals surface area (Å²) in [6.07, 6.45) is 0. The second-order valence-corrected chi connectivity index (χ2v) is 6.14. The summed E-state index contributed by atoms with van der Waals surface area (Å²) in [6.45, 7) is 8.22. The second kappa shape index (κ2) is 5.98. The monoisotopic (exact) mass is 333 g/mol. The van der Waals surface area contributed by atoms with E-state index >= 15 is 0 Å². The largest absolute Gasteiger partial charge is 0.456 e. The number of nitrogens with two attached hydrogens (primary N) is 1. The van der Waals surface area contributed by atoms with E-state index in [4.69, 9.17) is 10.5 Å². The summed E-state index contributed by atoms with van der Waals surface area (Å²) in [5, 5.41) is 0. The first-order chi connectivity index (χ1) is 9.38. The number of hydrogen-bond acceptors (Lipinski definition) is 2. The van der Waals surface area contributed by atoms with Crippen molar-refractivity contribution in [3.8, 4) is 11.5 Å². The van der Waals surface area contributed by atoms with E-state index < -0.39 is 0 Å². The van der Waals surface area contributed by atoms with Gasteiger partial charge in [-0.2, -0.15) is 0 Å². The molecule has 2 aromatic rings. The van der Waals surface area contributed by atoms with Crippen LogP contribution in [0.3, 0.4) is 0 Å². The number of ether oxygens (including phenoxy) is 1. The van der Waals surface area contributed by atoms with E-state index in [-0.39, 0.29) is 6.04 Å². The van der Waals surface area contributed by atoms with Gasteiger partial charge in [0.25, 0.3) is 0 Å². The van der Waals surface area contributed by atoms with Gasteiger partial charge in [-0.25, -0.2) is 0 Å². The SMILES string of the molecule is Cc1cc(C)c(C)c(Oc2ccc([C@H](C)N)cc2Br)c1. The van der Waals surface area contributed by atoms with Crippen LogP contribution in [0.15, 0.2) is 34.8 Å². The van der Waals surface area contributed by atoms with Crippen LogP contribution in [0.1, 0.15) is 35.2 Å². The molecular formula is C17H20BrNO. The molecule has 0 aliphatic carbocycles. The van der Waals surface area contributed by atoms with Gasteiger partial charge in [-0.3, -0.25) is 0 Å². The molecular weight excluding hydrogens is 314 g/mol. The highest BCUT2D eigenvalue weighted by Gasteiger charge is 2.09. The van der Waals surface area contributed by atoms with E-state index in [1.165, 1.54) is 16.7 Å². The molecule has 0 heterocycles. The average molecular weight is 334 g/mol. The maximum absolute atomic E-state index is 6.05. The fourth-order valence-corrected chi connectivity index (χ4v) is 2.59. The summed E-state index contributed by atoms with van der Waals surface area (Å²) in [5.74, 6) is 1.71. The quantitative estimate of drug-likeness (QED) is 0.839. The minimum absolute atomic E-state index is 0.0169. The Kier molecular flexibility index (Phi) is 4.51. The van der Waals surface area contributed by atoms with Crippen molar-refractivity contribution < 1.29 is 4.74 Å². The standard InChI is InChI=1S/C17H20BrNO/c1-10-7-11(2)12(3)17(8-10)20-16-6-5-14(13(4)19)9-15(16)18/h5-9,13H,19H2,1-4H3/t13-/m0/s1. The number of aryl methyl sites for hydroxylation is 2. The van der Waals surface area contributed by atoms with Crippen LogP contribution in [0.25, 0.3) is 0 Å². The third kappa shape index (κ3) is 3.22. The fraction of sp³-hybridized carbons (Fsp3) is 0.294. The molecule has 0 aromatic heterocycles. The Morgan fingerprint density at radius 3 is 2.35 bits per heavy atom. The van der Waals surface area contributed by atoms with Crippen LogP contribution in [0.2, 0.25) is 0 Å². The molecule has 0 bridgehead atoms. The predicted octanol–water partition coefficient (Wildman–Crippen LogP) is 5.19. The molecule has 2 rings (SSSR count). The molecule has 0 saturated heterocycles. The minimum Gasteiger partial charge on any atom is -0.456 e. The van der Waals surface area contributed by atoms with Crippen LogP contribution in [-0.4, -0.2) is 0 Å². The minimum atomic E-state index is 0.0169. The van der Waals surface area contributed by atoms with Crippen LogP contribution < -0.4 is 10.5 Å². The molecule has 0 radical (unpaired) electrons. The first-order valence-corrected chi connectivity index (χ1v) is 7.48. The molecule has 2 nitrogen and oxygen atoms in total. The van der Waals surface area contributed by atoms with E-state index in [0.717, 1.165) is 21.5 Å². The number of benzene rings is 2. The molecule has 0 spiro atoms. The third-order valence-corrected chi connectivity index (χ3v) is 4.09. The van der Waals surface area contributed by atoms with E-state index in [2.05, 4.69) is 48.8 Å². The lowest BCUT2D eigenvalue weighted by atomic mass is 10.1. The molecule has 0 fully saturated rings. The lowest BCUT2D eigenvalue weighted by Gasteiger charge is -2.14. The molecule has 1 atom stereocenters. The average Bonchev–Trinajstić information content (AvgIpc) is 2.37. The molecule has 0 saturated carbocycles. The summed E-state index contributed by atoms with van der Waals surface area (Å²) < 4.78 is 6.97. The topological polar surface area (TPSA) is 35.2 Å². The Balaban J connectivity index is 2.35. The Hall–Kier alpha value is -1.32. The van der Waals surface area contributed by atoms with Crippen molar-refractivity contribution >= 4 is 15.9 Å². The molecule has 0 aliphatic heterocycles. The van der Waals surface area contributed by atoms with Gasteiger partial charge >= 0.3 is 0 Å². The van der Waals surface area contributed by atoms with Gasteiger partial charge in [-0.15, -0.1) is 0 Å². The smallest absolute Gasteiger partial charge is 0.141 e. The summed E-state index contributed by atoms with van der Waals surface area (Å²) in [4.78, 5) is 0. The van der Waals surface area contributed by atoms with Crippen LogP contribution in [-0.2, 0) is 0 Å². The normalized spacial score (nSPS) is 12.3. The van der Waals surface area contributed by atoms with Gasteiger partial charge in [0.1, 0.15) is 11.5 Å². The van der Waals surface area contributed by atoms with E-state index in [9.17, 15) is 0 Å². The van der Waals surface area contributed by atoms with Gasteiger partial charge in [0.05, 0.1) is 4.47 Å².